The zero-order chi connectivity index (χ0) is 42.1. The highest BCUT2D eigenvalue weighted by Crippen LogP contribution is 2.43. The maximum atomic E-state index is 12.6. The van der Waals surface area contributed by atoms with Crippen LogP contribution in [0.4, 0.5) is 0 Å². The highest BCUT2D eigenvalue weighted by Gasteiger charge is 2.28. The number of hydrogen-bond acceptors (Lipinski definition) is 9. The van der Waals surface area contributed by atoms with Gasteiger partial charge >= 0.3 is 25.7 Å². The van der Waals surface area contributed by atoms with Crippen molar-refractivity contribution in [3.05, 3.63) is 24.3 Å². The van der Waals surface area contributed by atoms with Gasteiger partial charge in [0.2, 0.25) is 0 Å². The van der Waals surface area contributed by atoms with E-state index in [-0.39, 0.29) is 19.4 Å². The van der Waals surface area contributed by atoms with Gasteiger partial charge in [-0.2, -0.15) is 0 Å². The number of phosphoric ester groups is 1. The summed E-state index contributed by atoms with van der Waals surface area (Å²) >= 11 is 0. The topological polar surface area (TPSA) is 172 Å². The van der Waals surface area contributed by atoms with Gasteiger partial charge in [-0.3, -0.25) is 23.4 Å². The van der Waals surface area contributed by atoms with Crippen LogP contribution >= 0.6 is 7.82 Å². The van der Waals surface area contributed by atoms with Gasteiger partial charge in [-0.1, -0.05) is 179 Å². The van der Waals surface area contributed by atoms with Crippen molar-refractivity contribution >= 4 is 25.7 Å². The van der Waals surface area contributed by atoms with Crippen LogP contribution in [0.1, 0.15) is 213 Å². The van der Waals surface area contributed by atoms with Gasteiger partial charge < -0.3 is 25.2 Å². The summed E-state index contributed by atoms with van der Waals surface area (Å²) in [5.41, 5.74) is 5.34. The normalized spacial score (nSPS) is 13.9. The van der Waals surface area contributed by atoms with Crippen molar-refractivity contribution in [2.45, 2.75) is 225 Å². The minimum atomic E-state index is -4.72. The summed E-state index contributed by atoms with van der Waals surface area (Å²) < 4.78 is 32.7. The molecule has 0 radical (unpaired) electrons. The largest absolute Gasteiger partial charge is 0.480 e. The molecule has 0 aliphatic carbocycles. The zero-order valence-electron chi connectivity index (χ0n) is 36.2. The first-order valence-electron chi connectivity index (χ1n) is 22.9. The lowest BCUT2D eigenvalue weighted by Gasteiger charge is -2.20. The van der Waals surface area contributed by atoms with Crippen LogP contribution < -0.4 is 5.73 Å². The Morgan fingerprint density at radius 2 is 0.930 bits per heavy atom. The number of carbonyl (C=O) groups excluding carboxylic acids is 2. The van der Waals surface area contributed by atoms with Crippen LogP contribution in [0.25, 0.3) is 0 Å². The molecule has 334 valence electrons. The number of carbonyl (C=O) groups is 3. The van der Waals surface area contributed by atoms with Crippen molar-refractivity contribution in [1.29, 1.82) is 0 Å². The Balaban J connectivity index is 4.32. The van der Waals surface area contributed by atoms with E-state index >= 15 is 0 Å². The molecule has 0 bridgehead atoms. The summed E-state index contributed by atoms with van der Waals surface area (Å²) in [6.45, 7) is 2.79. The van der Waals surface area contributed by atoms with Crippen LogP contribution in [0.2, 0.25) is 0 Å². The molecular formula is C45H84NO10P. The Kier molecular flexibility index (Phi) is 39.3. The number of rotatable bonds is 43. The van der Waals surface area contributed by atoms with Gasteiger partial charge in [-0.05, 0) is 44.9 Å². The Labute approximate surface area is 347 Å². The van der Waals surface area contributed by atoms with Gasteiger partial charge in [0.15, 0.2) is 6.10 Å². The molecule has 1 unspecified atom stereocenters. The summed E-state index contributed by atoms with van der Waals surface area (Å²) in [5, 5.41) is 8.89. The number of ether oxygens (including phenoxy) is 2. The smallest absolute Gasteiger partial charge is 0.472 e. The molecule has 0 spiro atoms. The molecule has 0 fully saturated rings. The van der Waals surface area contributed by atoms with Crippen LogP contribution in [0, 0.1) is 0 Å². The molecule has 0 amide bonds. The molecule has 0 aromatic carbocycles. The number of esters is 2. The number of carboxylic acids is 1. The van der Waals surface area contributed by atoms with E-state index < -0.39 is 51.1 Å². The highest BCUT2D eigenvalue weighted by molar-refractivity contribution is 7.47. The second-order valence-corrected chi connectivity index (χ2v) is 17.0. The Bertz CT molecular complexity index is 1070. The van der Waals surface area contributed by atoms with E-state index in [1.807, 2.05) is 0 Å². The average molecular weight is 830 g/mol. The molecule has 3 atom stereocenters. The molecule has 0 aliphatic rings. The minimum absolute atomic E-state index is 0.155. The molecule has 11 nitrogen and oxygen atoms in total. The van der Waals surface area contributed by atoms with Crippen molar-refractivity contribution in [3.63, 3.8) is 0 Å². The van der Waals surface area contributed by atoms with Gasteiger partial charge in [0, 0.05) is 12.8 Å². The van der Waals surface area contributed by atoms with E-state index in [2.05, 4.69) is 42.7 Å². The monoisotopic (exact) mass is 830 g/mol. The van der Waals surface area contributed by atoms with E-state index in [9.17, 15) is 23.8 Å². The van der Waals surface area contributed by atoms with Crippen LogP contribution in [-0.2, 0) is 37.5 Å². The molecule has 0 aromatic rings. The third-order valence-corrected chi connectivity index (χ3v) is 10.9. The van der Waals surface area contributed by atoms with Crippen molar-refractivity contribution in [1.82, 2.24) is 0 Å². The predicted octanol–water partition coefficient (Wildman–Crippen LogP) is 12.2. The lowest BCUT2D eigenvalue weighted by molar-refractivity contribution is -0.161. The second-order valence-electron chi connectivity index (χ2n) is 15.5. The number of carboxylic acid groups (broad SMARTS) is 1. The number of nitrogens with two attached hydrogens (primary N) is 1. The molecule has 12 heteroatoms. The first kappa shape index (κ1) is 55.0. The third kappa shape index (κ3) is 40.5. The zero-order valence-corrected chi connectivity index (χ0v) is 37.1. The van der Waals surface area contributed by atoms with Crippen LogP contribution in [0.15, 0.2) is 24.3 Å². The van der Waals surface area contributed by atoms with Crippen LogP contribution in [-0.4, -0.2) is 59.9 Å². The maximum Gasteiger partial charge on any atom is 0.472 e. The van der Waals surface area contributed by atoms with Crippen LogP contribution in [0.3, 0.4) is 0 Å². The Morgan fingerprint density at radius 1 is 0.544 bits per heavy atom. The van der Waals surface area contributed by atoms with Gasteiger partial charge in [0.05, 0.1) is 13.2 Å². The van der Waals surface area contributed by atoms with Crippen molar-refractivity contribution in [2.75, 3.05) is 19.8 Å². The third-order valence-electron chi connectivity index (χ3n) is 9.95. The summed E-state index contributed by atoms with van der Waals surface area (Å²) in [5.74, 6) is -2.38. The van der Waals surface area contributed by atoms with Crippen molar-refractivity contribution < 1.29 is 47.5 Å². The summed E-state index contributed by atoms with van der Waals surface area (Å²) in [7, 11) is -4.72. The number of unbranched alkanes of at least 4 members (excludes halogenated alkanes) is 25. The Hall–Kier alpha value is -2.04. The Morgan fingerprint density at radius 3 is 1.40 bits per heavy atom. The summed E-state index contributed by atoms with van der Waals surface area (Å²) in [4.78, 5) is 46.0. The fourth-order valence-electron chi connectivity index (χ4n) is 6.33. The van der Waals surface area contributed by atoms with E-state index in [1.165, 1.54) is 116 Å². The number of phosphoric acid groups is 1. The number of allylic oxidation sites excluding steroid dienone is 4. The van der Waals surface area contributed by atoms with E-state index in [0.717, 1.165) is 57.8 Å². The fourth-order valence-corrected chi connectivity index (χ4v) is 7.11. The van der Waals surface area contributed by atoms with Crippen molar-refractivity contribution in [2.24, 2.45) is 5.73 Å². The first-order chi connectivity index (χ1) is 27.6. The molecule has 0 rings (SSSR count). The predicted molar refractivity (Wildman–Crippen MR) is 231 cm³/mol. The molecular weight excluding hydrogens is 745 g/mol. The SMILES string of the molecule is CCCCC/C=C/C/C=C/CCCCCCCCCC(=O)O[C@H](COC(=O)CCCCCCCCCCCCCCCCCC)COP(=O)(O)OC[C@H](N)C(=O)O. The highest BCUT2D eigenvalue weighted by atomic mass is 31.2. The maximum absolute atomic E-state index is 12.6. The molecule has 0 heterocycles. The van der Waals surface area contributed by atoms with Crippen molar-refractivity contribution in [3.8, 4) is 0 Å². The average Bonchev–Trinajstić information content (AvgIpc) is 3.19. The van der Waals surface area contributed by atoms with Gasteiger partial charge in [0.1, 0.15) is 12.6 Å². The summed E-state index contributed by atoms with van der Waals surface area (Å²) in [6.07, 6.45) is 42.3. The van der Waals surface area contributed by atoms with E-state index in [0.29, 0.717) is 12.8 Å². The number of hydrogen-bond donors (Lipinski definition) is 3. The summed E-state index contributed by atoms with van der Waals surface area (Å²) in [6, 6.07) is -1.52. The van der Waals surface area contributed by atoms with Gasteiger partial charge in [-0.15, -0.1) is 0 Å². The minimum Gasteiger partial charge on any atom is -0.480 e. The van der Waals surface area contributed by atoms with E-state index in [1.54, 1.807) is 0 Å². The quantitative estimate of drug-likeness (QED) is 0.0231. The molecule has 0 saturated carbocycles. The van der Waals surface area contributed by atoms with E-state index in [4.69, 9.17) is 24.8 Å². The lowest BCUT2D eigenvalue weighted by Crippen LogP contribution is -2.34. The molecule has 0 aliphatic heterocycles. The van der Waals surface area contributed by atoms with Crippen LogP contribution in [0.5, 0.6) is 0 Å². The standard InChI is InChI=1S/C45H84NO10P/c1-3-5-7-9-11-13-15-17-19-21-23-25-27-29-31-33-35-37-44(48)56-41(39-54-57(51,52)55-40-42(46)45(49)50)38-53-43(47)36-34-32-30-28-26-24-22-20-18-16-14-12-10-8-6-4-2/h11,13,17,19,41-42H,3-10,12,14-16,18,20-40,46H2,1-2H3,(H,49,50)(H,51,52)/b13-11+,19-17+/t41-,42+/m1/s1. The lowest BCUT2D eigenvalue weighted by atomic mass is 10.0. The molecule has 0 saturated heterocycles. The van der Waals surface area contributed by atoms with Gasteiger partial charge in [-0.25, -0.2) is 4.57 Å². The fraction of sp³-hybridized carbons (Fsp3) is 0.844. The second kappa shape index (κ2) is 40.7. The molecule has 4 N–H and O–H groups in total. The molecule has 0 aromatic heterocycles. The van der Waals surface area contributed by atoms with Gasteiger partial charge in [0.25, 0.3) is 0 Å². The first-order valence-corrected chi connectivity index (χ1v) is 24.4. The molecule has 57 heavy (non-hydrogen) atoms. The number of aliphatic carboxylic acids is 1.